The highest BCUT2D eigenvalue weighted by Crippen LogP contribution is 2.26. The first kappa shape index (κ1) is 15.7. The van der Waals surface area contributed by atoms with Crippen molar-refractivity contribution in [3.05, 3.63) is 29.8 Å². The third-order valence-electron chi connectivity index (χ3n) is 2.53. The average molecular weight is 365 g/mol. The van der Waals surface area contributed by atoms with Gasteiger partial charge in [0, 0.05) is 20.1 Å². The van der Waals surface area contributed by atoms with Crippen LogP contribution in [0.25, 0.3) is 0 Å². The molecule has 0 fully saturated rings. The van der Waals surface area contributed by atoms with Gasteiger partial charge >= 0.3 is 0 Å². The molecule has 0 amide bonds. The first-order valence-corrected chi connectivity index (χ1v) is 6.89. The van der Waals surface area contributed by atoms with E-state index >= 15 is 0 Å². The second kappa shape index (κ2) is 9.55. The molecule has 5 heteroatoms. The summed E-state index contributed by atoms with van der Waals surface area (Å²) in [6.45, 7) is 1.98. The molecule has 0 saturated heterocycles. The lowest BCUT2D eigenvalue weighted by molar-refractivity contribution is 0.172. The Balaban J connectivity index is 2.55. The Kier molecular flexibility index (Phi) is 8.32. The first-order chi connectivity index (χ1) is 8.81. The van der Waals surface area contributed by atoms with E-state index < -0.39 is 0 Å². The van der Waals surface area contributed by atoms with Crippen LogP contribution in [0.15, 0.2) is 24.3 Å². The molecule has 0 saturated carbocycles. The highest BCUT2D eigenvalue weighted by atomic mass is 127. The van der Waals surface area contributed by atoms with Gasteiger partial charge in [-0.25, -0.2) is 0 Å². The van der Waals surface area contributed by atoms with E-state index in [0.29, 0.717) is 19.8 Å². The van der Waals surface area contributed by atoms with Crippen molar-refractivity contribution in [3.8, 4) is 5.75 Å². The minimum absolute atomic E-state index is 0.0260. The van der Waals surface area contributed by atoms with E-state index in [1.807, 2.05) is 47.3 Å². The topological polar surface area (TPSA) is 53.7 Å². The van der Waals surface area contributed by atoms with Crippen LogP contribution >= 0.6 is 23.0 Å². The summed E-state index contributed by atoms with van der Waals surface area (Å²) in [5.74, 6) is 0.860. The van der Waals surface area contributed by atoms with Gasteiger partial charge in [-0.3, -0.25) is 0 Å². The van der Waals surface area contributed by atoms with Crippen LogP contribution in [0.1, 0.15) is 24.5 Å². The van der Waals surface area contributed by atoms with Gasteiger partial charge in [0.05, 0.1) is 12.7 Å². The summed E-state index contributed by atoms with van der Waals surface area (Å²) in [7, 11) is 1.69. The van der Waals surface area contributed by atoms with Crippen LogP contribution in [0.4, 0.5) is 0 Å². The number of methoxy groups -OCH3 is 1. The molecule has 0 aliphatic heterocycles. The van der Waals surface area contributed by atoms with Crippen LogP contribution < -0.4 is 10.5 Å². The van der Waals surface area contributed by atoms with Crippen molar-refractivity contribution < 1.29 is 12.5 Å². The lowest BCUT2D eigenvalue weighted by Crippen LogP contribution is -2.08. The zero-order valence-corrected chi connectivity index (χ0v) is 12.8. The third kappa shape index (κ3) is 5.51. The van der Waals surface area contributed by atoms with E-state index in [0.717, 1.165) is 24.2 Å². The lowest BCUT2D eigenvalue weighted by atomic mass is 10.1. The van der Waals surface area contributed by atoms with Gasteiger partial charge in [-0.2, -0.15) is 0 Å². The van der Waals surface area contributed by atoms with Crippen LogP contribution in [0.3, 0.4) is 0 Å². The molecular formula is C13H20INO3. The lowest BCUT2D eigenvalue weighted by Gasteiger charge is -2.14. The van der Waals surface area contributed by atoms with Crippen LogP contribution in [0.5, 0.6) is 5.75 Å². The fourth-order valence-electron chi connectivity index (χ4n) is 1.61. The molecule has 1 rings (SSSR count). The summed E-state index contributed by atoms with van der Waals surface area (Å²) in [6, 6.07) is 7.95. The molecular weight excluding hydrogens is 345 g/mol. The van der Waals surface area contributed by atoms with E-state index in [2.05, 4.69) is 0 Å². The minimum Gasteiger partial charge on any atom is -0.493 e. The van der Waals surface area contributed by atoms with Gasteiger partial charge in [0.1, 0.15) is 28.8 Å². The molecule has 18 heavy (non-hydrogen) atoms. The van der Waals surface area contributed by atoms with Crippen molar-refractivity contribution in [1.82, 2.24) is 0 Å². The van der Waals surface area contributed by atoms with E-state index in [1.54, 1.807) is 7.11 Å². The van der Waals surface area contributed by atoms with Gasteiger partial charge in [0.2, 0.25) is 0 Å². The Morgan fingerprint density at radius 1 is 1.33 bits per heavy atom. The Morgan fingerprint density at radius 2 is 2.17 bits per heavy atom. The minimum atomic E-state index is 0.0260. The number of hydrogen-bond acceptors (Lipinski definition) is 4. The second-order valence-electron chi connectivity index (χ2n) is 3.92. The maximum Gasteiger partial charge on any atom is 0.119 e. The fourth-order valence-corrected chi connectivity index (χ4v) is 2.16. The number of hydrogen-bond donors (Lipinski definition) is 1. The summed E-state index contributed by atoms with van der Waals surface area (Å²) in [6.07, 6.45) is 1.71. The average Bonchev–Trinajstić information content (AvgIpc) is 2.41. The Labute approximate surface area is 122 Å². The van der Waals surface area contributed by atoms with Crippen LogP contribution in [0, 0.1) is 0 Å². The SMILES string of the molecule is COCCCOc1cccc(C(CCN)OI)c1. The molecule has 1 aromatic rings. The molecule has 0 aliphatic carbocycles. The zero-order chi connectivity index (χ0) is 13.2. The smallest absolute Gasteiger partial charge is 0.119 e. The third-order valence-corrected chi connectivity index (χ3v) is 3.14. The molecule has 0 bridgehead atoms. The van der Waals surface area contributed by atoms with E-state index in [-0.39, 0.29) is 6.10 Å². The van der Waals surface area contributed by atoms with Gasteiger partial charge in [-0.1, -0.05) is 12.1 Å². The largest absolute Gasteiger partial charge is 0.493 e. The summed E-state index contributed by atoms with van der Waals surface area (Å²) in [4.78, 5) is 0. The summed E-state index contributed by atoms with van der Waals surface area (Å²) >= 11 is 1.91. The van der Waals surface area contributed by atoms with Crippen molar-refractivity contribution in [2.24, 2.45) is 5.73 Å². The number of rotatable bonds is 9. The van der Waals surface area contributed by atoms with Crippen molar-refractivity contribution in [2.75, 3.05) is 26.9 Å². The van der Waals surface area contributed by atoms with Gasteiger partial charge in [-0.15, -0.1) is 0 Å². The Morgan fingerprint density at radius 3 is 2.83 bits per heavy atom. The van der Waals surface area contributed by atoms with Crippen molar-refractivity contribution in [1.29, 1.82) is 0 Å². The fraction of sp³-hybridized carbons (Fsp3) is 0.538. The summed E-state index contributed by atoms with van der Waals surface area (Å²) in [5.41, 5.74) is 6.66. The predicted octanol–water partition coefficient (Wildman–Crippen LogP) is 2.86. The predicted molar refractivity (Wildman–Crippen MR) is 79.9 cm³/mol. The van der Waals surface area contributed by atoms with Gasteiger partial charge in [0.15, 0.2) is 0 Å². The zero-order valence-electron chi connectivity index (χ0n) is 10.6. The highest BCUT2D eigenvalue weighted by Gasteiger charge is 2.11. The molecule has 102 valence electrons. The van der Waals surface area contributed by atoms with Crippen molar-refractivity contribution in [3.63, 3.8) is 0 Å². The molecule has 0 heterocycles. The van der Waals surface area contributed by atoms with Crippen molar-refractivity contribution in [2.45, 2.75) is 18.9 Å². The van der Waals surface area contributed by atoms with Crippen LogP contribution in [-0.4, -0.2) is 26.9 Å². The van der Waals surface area contributed by atoms with Gasteiger partial charge in [0.25, 0.3) is 0 Å². The number of benzene rings is 1. The Bertz CT molecular complexity index is 336. The molecule has 0 spiro atoms. The quantitative estimate of drug-likeness (QED) is 0.540. The van der Waals surface area contributed by atoms with E-state index in [4.69, 9.17) is 18.3 Å². The molecule has 0 aliphatic rings. The molecule has 1 unspecified atom stereocenters. The highest BCUT2D eigenvalue weighted by molar-refractivity contribution is 14.1. The van der Waals surface area contributed by atoms with Crippen molar-refractivity contribution >= 4 is 23.0 Å². The maximum absolute atomic E-state index is 5.65. The van der Waals surface area contributed by atoms with Crippen LogP contribution in [0.2, 0.25) is 0 Å². The summed E-state index contributed by atoms with van der Waals surface area (Å²) in [5, 5.41) is 0. The normalized spacial score (nSPS) is 12.4. The number of halogens is 1. The standard InChI is InChI=1S/C13H20INO3/c1-16-8-3-9-17-12-5-2-4-11(10-12)13(18-14)6-7-15/h2,4-5,10,13H,3,6-9,15H2,1H3. The summed E-state index contributed by atoms with van der Waals surface area (Å²) < 4.78 is 16.0. The maximum atomic E-state index is 5.65. The monoisotopic (exact) mass is 365 g/mol. The number of nitrogens with two attached hydrogens (primary N) is 1. The Hall–Kier alpha value is -0.370. The molecule has 2 N–H and O–H groups in total. The van der Waals surface area contributed by atoms with E-state index in [1.165, 1.54) is 0 Å². The molecule has 4 nitrogen and oxygen atoms in total. The molecule has 0 radical (unpaired) electrons. The first-order valence-electron chi connectivity index (χ1n) is 6.01. The second-order valence-corrected chi connectivity index (χ2v) is 4.43. The molecule has 1 aromatic carbocycles. The van der Waals surface area contributed by atoms with Crippen LogP contribution in [-0.2, 0) is 7.80 Å². The molecule has 0 aromatic heterocycles. The van der Waals surface area contributed by atoms with Gasteiger partial charge < -0.3 is 18.3 Å². The molecule has 1 atom stereocenters. The number of ether oxygens (including phenoxy) is 2. The van der Waals surface area contributed by atoms with Gasteiger partial charge in [-0.05, 0) is 30.7 Å². The van der Waals surface area contributed by atoms with E-state index in [9.17, 15) is 0 Å².